The SMILES string of the molecule is CC(CS(C)(=O)=O)NCc1ccccc1-n1cccn1. The minimum absolute atomic E-state index is 0.0873. The van der Waals surface area contributed by atoms with Gasteiger partial charge in [-0.25, -0.2) is 13.1 Å². The molecule has 0 spiro atoms. The summed E-state index contributed by atoms with van der Waals surface area (Å²) in [7, 11) is -2.96. The van der Waals surface area contributed by atoms with Gasteiger partial charge in [0.15, 0.2) is 0 Å². The van der Waals surface area contributed by atoms with Crippen molar-refractivity contribution >= 4 is 9.84 Å². The van der Waals surface area contributed by atoms with Crippen LogP contribution in [0.15, 0.2) is 42.7 Å². The summed E-state index contributed by atoms with van der Waals surface area (Å²) in [6.45, 7) is 2.48. The Hall–Kier alpha value is -1.66. The molecule has 20 heavy (non-hydrogen) atoms. The molecule has 0 aliphatic heterocycles. The maximum Gasteiger partial charge on any atom is 0.148 e. The Morgan fingerprint density at radius 3 is 2.70 bits per heavy atom. The molecule has 0 bridgehead atoms. The quantitative estimate of drug-likeness (QED) is 0.874. The van der Waals surface area contributed by atoms with Crippen molar-refractivity contribution < 1.29 is 8.42 Å². The molecule has 1 atom stereocenters. The molecule has 0 saturated heterocycles. The molecule has 1 aromatic carbocycles. The van der Waals surface area contributed by atoms with Crippen molar-refractivity contribution in [1.29, 1.82) is 0 Å². The standard InChI is InChI=1S/C14H19N3O2S/c1-12(11-20(2,18)19)15-10-13-6-3-4-7-14(13)17-9-5-8-16-17/h3-9,12,15H,10-11H2,1-2H3. The van der Waals surface area contributed by atoms with Gasteiger partial charge in [0.1, 0.15) is 9.84 Å². The summed E-state index contributed by atoms with van der Waals surface area (Å²) in [6, 6.07) is 9.71. The fourth-order valence-electron chi connectivity index (χ4n) is 2.09. The molecule has 1 N–H and O–H groups in total. The predicted molar refractivity (Wildman–Crippen MR) is 79.6 cm³/mol. The van der Waals surface area contributed by atoms with E-state index >= 15 is 0 Å². The third-order valence-electron chi connectivity index (χ3n) is 2.94. The monoisotopic (exact) mass is 293 g/mol. The first-order valence-electron chi connectivity index (χ1n) is 6.45. The molecule has 108 valence electrons. The van der Waals surface area contributed by atoms with Crippen LogP contribution in [0, 0.1) is 0 Å². The minimum atomic E-state index is -2.96. The number of benzene rings is 1. The van der Waals surface area contributed by atoms with Crippen LogP contribution in [-0.2, 0) is 16.4 Å². The number of hydrogen-bond donors (Lipinski definition) is 1. The Bertz CT molecular complexity index is 651. The molecule has 1 unspecified atom stereocenters. The van der Waals surface area contributed by atoms with Crippen molar-refractivity contribution in [2.45, 2.75) is 19.5 Å². The Balaban J connectivity index is 2.07. The first kappa shape index (κ1) is 14.7. The van der Waals surface area contributed by atoms with Crippen molar-refractivity contribution in [1.82, 2.24) is 15.1 Å². The van der Waals surface area contributed by atoms with E-state index in [4.69, 9.17) is 0 Å². The lowest BCUT2D eigenvalue weighted by Gasteiger charge is -2.15. The summed E-state index contributed by atoms with van der Waals surface area (Å²) >= 11 is 0. The highest BCUT2D eigenvalue weighted by Gasteiger charge is 2.11. The molecule has 6 heteroatoms. The molecule has 0 fully saturated rings. The van der Waals surface area contributed by atoms with Crippen LogP contribution in [0.5, 0.6) is 0 Å². The highest BCUT2D eigenvalue weighted by atomic mass is 32.2. The second kappa shape index (κ2) is 6.19. The van der Waals surface area contributed by atoms with Crippen molar-refractivity contribution in [3.05, 3.63) is 48.3 Å². The van der Waals surface area contributed by atoms with Gasteiger partial charge >= 0.3 is 0 Å². The highest BCUT2D eigenvalue weighted by molar-refractivity contribution is 7.90. The predicted octanol–water partition coefficient (Wildman–Crippen LogP) is 1.39. The van der Waals surface area contributed by atoms with Crippen molar-refractivity contribution in [2.24, 2.45) is 0 Å². The zero-order valence-corrected chi connectivity index (χ0v) is 12.5. The zero-order chi connectivity index (χ0) is 14.6. The van der Waals surface area contributed by atoms with E-state index < -0.39 is 9.84 Å². The molecular formula is C14H19N3O2S. The highest BCUT2D eigenvalue weighted by Crippen LogP contribution is 2.13. The van der Waals surface area contributed by atoms with Gasteiger partial charge in [0, 0.05) is 31.2 Å². The minimum Gasteiger partial charge on any atom is -0.309 e. The van der Waals surface area contributed by atoms with Crippen molar-refractivity contribution in [3.8, 4) is 5.69 Å². The van der Waals surface area contributed by atoms with Crippen LogP contribution in [0.2, 0.25) is 0 Å². The van der Waals surface area contributed by atoms with E-state index in [0.29, 0.717) is 6.54 Å². The van der Waals surface area contributed by atoms with E-state index in [9.17, 15) is 8.42 Å². The van der Waals surface area contributed by atoms with Crippen LogP contribution >= 0.6 is 0 Å². The summed E-state index contributed by atoms with van der Waals surface area (Å²) in [6.07, 6.45) is 4.87. The van der Waals surface area contributed by atoms with Gasteiger partial charge in [-0.3, -0.25) is 0 Å². The lowest BCUT2D eigenvalue weighted by molar-refractivity contribution is 0.559. The first-order valence-corrected chi connectivity index (χ1v) is 8.51. The average molecular weight is 293 g/mol. The van der Waals surface area contributed by atoms with Gasteiger partial charge in [0.05, 0.1) is 11.4 Å². The number of aromatic nitrogens is 2. The Morgan fingerprint density at radius 1 is 1.30 bits per heavy atom. The fourth-order valence-corrected chi connectivity index (χ4v) is 3.12. The summed E-state index contributed by atoms with van der Waals surface area (Å²) in [5, 5.41) is 7.46. The zero-order valence-electron chi connectivity index (χ0n) is 11.7. The third-order valence-corrected chi connectivity index (χ3v) is 4.04. The van der Waals surface area contributed by atoms with Gasteiger partial charge in [-0.2, -0.15) is 5.10 Å². The van der Waals surface area contributed by atoms with Crippen molar-refractivity contribution in [3.63, 3.8) is 0 Å². The normalized spacial score (nSPS) is 13.3. The maximum atomic E-state index is 11.3. The van der Waals surface area contributed by atoms with E-state index in [1.807, 2.05) is 43.5 Å². The van der Waals surface area contributed by atoms with Crippen LogP contribution < -0.4 is 5.32 Å². The maximum absolute atomic E-state index is 11.3. The molecule has 1 heterocycles. The second-order valence-electron chi connectivity index (χ2n) is 4.95. The van der Waals surface area contributed by atoms with Crippen LogP contribution in [0.25, 0.3) is 5.69 Å². The topological polar surface area (TPSA) is 64.0 Å². The van der Waals surface area contributed by atoms with Gasteiger partial charge in [0.2, 0.25) is 0 Å². The molecule has 0 aliphatic carbocycles. The Labute approximate surface area is 119 Å². The van der Waals surface area contributed by atoms with E-state index in [-0.39, 0.29) is 11.8 Å². The van der Waals surface area contributed by atoms with Crippen LogP contribution in [0.3, 0.4) is 0 Å². The molecule has 5 nitrogen and oxygen atoms in total. The van der Waals surface area contributed by atoms with Crippen LogP contribution in [-0.4, -0.2) is 36.2 Å². The fraction of sp³-hybridized carbons (Fsp3) is 0.357. The van der Waals surface area contributed by atoms with Gasteiger partial charge in [-0.1, -0.05) is 18.2 Å². The summed E-state index contributed by atoms with van der Waals surface area (Å²) in [4.78, 5) is 0. The van der Waals surface area contributed by atoms with E-state index in [0.717, 1.165) is 11.3 Å². The third kappa shape index (κ3) is 4.18. The van der Waals surface area contributed by atoms with Gasteiger partial charge in [-0.05, 0) is 24.6 Å². The Morgan fingerprint density at radius 2 is 2.05 bits per heavy atom. The number of rotatable bonds is 6. The molecule has 0 radical (unpaired) electrons. The Kier molecular flexibility index (Phi) is 4.57. The summed E-state index contributed by atoms with van der Waals surface area (Å²) < 4.78 is 24.3. The van der Waals surface area contributed by atoms with E-state index in [1.54, 1.807) is 10.9 Å². The summed E-state index contributed by atoms with van der Waals surface area (Å²) in [5.41, 5.74) is 2.08. The average Bonchev–Trinajstić information content (AvgIpc) is 2.88. The number of hydrogen-bond acceptors (Lipinski definition) is 4. The number of nitrogens with zero attached hydrogens (tertiary/aromatic N) is 2. The van der Waals surface area contributed by atoms with Crippen molar-refractivity contribution in [2.75, 3.05) is 12.0 Å². The summed E-state index contributed by atoms with van der Waals surface area (Å²) in [5.74, 6) is 0.136. The second-order valence-corrected chi connectivity index (χ2v) is 7.14. The molecule has 2 rings (SSSR count). The molecule has 2 aromatic rings. The largest absolute Gasteiger partial charge is 0.309 e. The smallest absolute Gasteiger partial charge is 0.148 e. The molecule has 1 aromatic heterocycles. The molecule has 0 saturated carbocycles. The van der Waals surface area contributed by atoms with E-state index in [2.05, 4.69) is 10.4 Å². The van der Waals surface area contributed by atoms with E-state index in [1.165, 1.54) is 6.26 Å². The molecule has 0 amide bonds. The van der Waals surface area contributed by atoms with Gasteiger partial charge in [-0.15, -0.1) is 0 Å². The van der Waals surface area contributed by atoms with Crippen LogP contribution in [0.1, 0.15) is 12.5 Å². The van der Waals surface area contributed by atoms with Crippen LogP contribution in [0.4, 0.5) is 0 Å². The first-order chi connectivity index (χ1) is 9.46. The van der Waals surface area contributed by atoms with Gasteiger partial charge in [0.25, 0.3) is 0 Å². The number of sulfone groups is 1. The molecule has 0 aliphatic rings. The number of nitrogens with one attached hydrogen (secondary N) is 1. The molecular weight excluding hydrogens is 274 g/mol. The van der Waals surface area contributed by atoms with Gasteiger partial charge < -0.3 is 5.32 Å². The number of para-hydroxylation sites is 1. The lowest BCUT2D eigenvalue weighted by Crippen LogP contribution is -2.32. The lowest BCUT2D eigenvalue weighted by atomic mass is 10.1.